The van der Waals surface area contributed by atoms with E-state index in [1.54, 1.807) is 0 Å². The molecule has 0 radical (unpaired) electrons. The molecule has 94 valence electrons. The van der Waals surface area contributed by atoms with Gasteiger partial charge in [0.2, 0.25) is 0 Å². The molecule has 1 N–H and O–H groups in total. The lowest BCUT2D eigenvalue weighted by molar-refractivity contribution is 0.343. The zero-order valence-corrected chi connectivity index (χ0v) is 11.6. The Kier molecular flexibility index (Phi) is 3.31. The molecule has 0 bridgehead atoms. The SMILES string of the molecule is CC(NCC(C)(C)c1ccccc1)C1(C)CC1. The van der Waals surface area contributed by atoms with Crippen LogP contribution in [0.1, 0.15) is 46.1 Å². The Hall–Kier alpha value is -0.820. The zero-order valence-electron chi connectivity index (χ0n) is 11.6. The summed E-state index contributed by atoms with van der Waals surface area (Å²) in [5, 5.41) is 3.72. The van der Waals surface area contributed by atoms with E-state index in [1.165, 1.54) is 18.4 Å². The maximum Gasteiger partial charge on any atom is 0.00929 e. The van der Waals surface area contributed by atoms with Crippen LogP contribution in [0.5, 0.6) is 0 Å². The largest absolute Gasteiger partial charge is 0.313 e. The second-order valence-electron chi connectivity index (χ2n) is 6.51. The van der Waals surface area contributed by atoms with Crippen molar-refractivity contribution in [2.75, 3.05) is 6.54 Å². The van der Waals surface area contributed by atoms with Crippen LogP contribution >= 0.6 is 0 Å². The van der Waals surface area contributed by atoms with Crippen LogP contribution in [0.4, 0.5) is 0 Å². The summed E-state index contributed by atoms with van der Waals surface area (Å²) in [5.41, 5.74) is 2.19. The summed E-state index contributed by atoms with van der Waals surface area (Å²) in [6.07, 6.45) is 2.76. The zero-order chi connectivity index (χ0) is 12.5. The Morgan fingerprint density at radius 3 is 2.35 bits per heavy atom. The minimum atomic E-state index is 0.209. The fourth-order valence-electron chi connectivity index (χ4n) is 2.28. The van der Waals surface area contributed by atoms with Gasteiger partial charge in [-0.15, -0.1) is 0 Å². The van der Waals surface area contributed by atoms with Crippen LogP contribution in [-0.2, 0) is 5.41 Å². The maximum absolute atomic E-state index is 3.72. The van der Waals surface area contributed by atoms with Gasteiger partial charge in [-0.3, -0.25) is 0 Å². The van der Waals surface area contributed by atoms with E-state index < -0.39 is 0 Å². The van der Waals surface area contributed by atoms with Crippen LogP contribution < -0.4 is 5.32 Å². The highest BCUT2D eigenvalue weighted by molar-refractivity contribution is 5.24. The fraction of sp³-hybridized carbons (Fsp3) is 0.625. The lowest BCUT2D eigenvalue weighted by Crippen LogP contribution is -2.41. The molecule has 1 heteroatoms. The number of hydrogen-bond acceptors (Lipinski definition) is 1. The van der Waals surface area contributed by atoms with E-state index in [0.717, 1.165) is 6.54 Å². The Morgan fingerprint density at radius 1 is 1.24 bits per heavy atom. The first kappa shape index (κ1) is 12.6. The molecule has 1 aromatic carbocycles. The molecule has 1 unspecified atom stereocenters. The monoisotopic (exact) mass is 231 g/mol. The predicted octanol–water partition coefficient (Wildman–Crippen LogP) is 3.74. The lowest BCUT2D eigenvalue weighted by atomic mass is 9.84. The molecule has 0 amide bonds. The van der Waals surface area contributed by atoms with Crippen molar-refractivity contribution in [1.29, 1.82) is 0 Å². The summed E-state index contributed by atoms with van der Waals surface area (Å²) >= 11 is 0. The molecule has 0 spiro atoms. The molecular formula is C16H25N. The number of nitrogens with one attached hydrogen (secondary N) is 1. The van der Waals surface area contributed by atoms with Crippen molar-refractivity contribution < 1.29 is 0 Å². The molecule has 0 saturated heterocycles. The summed E-state index contributed by atoms with van der Waals surface area (Å²) in [7, 11) is 0. The van der Waals surface area contributed by atoms with Gasteiger partial charge in [0.15, 0.2) is 0 Å². The van der Waals surface area contributed by atoms with Gasteiger partial charge in [-0.1, -0.05) is 51.1 Å². The smallest absolute Gasteiger partial charge is 0.00929 e. The fourth-order valence-corrected chi connectivity index (χ4v) is 2.28. The molecule has 0 aliphatic heterocycles. The molecule has 1 aliphatic carbocycles. The second kappa shape index (κ2) is 4.45. The average Bonchev–Trinajstić information content (AvgIpc) is 3.07. The summed E-state index contributed by atoms with van der Waals surface area (Å²) in [6, 6.07) is 11.4. The summed E-state index contributed by atoms with van der Waals surface area (Å²) < 4.78 is 0. The van der Waals surface area contributed by atoms with Gasteiger partial charge in [0.1, 0.15) is 0 Å². The first-order valence-electron chi connectivity index (χ1n) is 6.73. The molecule has 1 aromatic rings. The van der Waals surface area contributed by atoms with E-state index in [4.69, 9.17) is 0 Å². The van der Waals surface area contributed by atoms with Gasteiger partial charge in [0.05, 0.1) is 0 Å². The van der Waals surface area contributed by atoms with Crippen LogP contribution in [0.25, 0.3) is 0 Å². The van der Waals surface area contributed by atoms with Crippen molar-refractivity contribution >= 4 is 0 Å². The highest BCUT2D eigenvalue weighted by Gasteiger charge is 2.42. The molecular weight excluding hydrogens is 206 g/mol. The molecule has 0 aromatic heterocycles. The van der Waals surface area contributed by atoms with Crippen LogP contribution in [0.2, 0.25) is 0 Å². The Balaban J connectivity index is 1.94. The molecule has 0 heterocycles. The predicted molar refractivity (Wildman–Crippen MR) is 74.3 cm³/mol. The van der Waals surface area contributed by atoms with E-state index in [2.05, 4.69) is 63.3 Å². The lowest BCUT2D eigenvalue weighted by Gasteiger charge is -2.30. The quantitative estimate of drug-likeness (QED) is 0.814. The third kappa shape index (κ3) is 2.90. The van der Waals surface area contributed by atoms with Crippen LogP contribution in [0, 0.1) is 5.41 Å². The highest BCUT2D eigenvalue weighted by Crippen LogP contribution is 2.48. The number of benzene rings is 1. The van der Waals surface area contributed by atoms with Crippen molar-refractivity contribution in [2.45, 2.75) is 52.0 Å². The standard InChI is InChI=1S/C16H25N/c1-13(16(4)10-11-16)17-12-15(2,3)14-8-6-5-7-9-14/h5-9,13,17H,10-12H2,1-4H3. The molecule has 2 rings (SSSR count). The Morgan fingerprint density at radius 2 is 1.82 bits per heavy atom. The van der Waals surface area contributed by atoms with Crippen molar-refractivity contribution in [2.24, 2.45) is 5.41 Å². The van der Waals surface area contributed by atoms with Gasteiger partial charge in [0.25, 0.3) is 0 Å². The van der Waals surface area contributed by atoms with Gasteiger partial charge >= 0.3 is 0 Å². The highest BCUT2D eigenvalue weighted by atomic mass is 14.9. The van der Waals surface area contributed by atoms with Gasteiger partial charge in [-0.05, 0) is 30.7 Å². The second-order valence-corrected chi connectivity index (χ2v) is 6.51. The third-order valence-electron chi connectivity index (χ3n) is 4.49. The van der Waals surface area contributed by atoms with E-state index in [0.29, 0.717) is 11.5 Å². The van der Waals surface area contributed by atoms with Crippen LogP contribution in [-0.4, -0.2) is 12.6 Å². The van der Waals surface area contributed by atoms with E-state index in [-0.39, 0.29) is 5.41 Å². The Labute approximate surface area is 106 Å². The van der Waals surface area contributed by atoms with E-state index in [1.807, 2.05) is 0 Å². The molecule has 1 nitrogen and oxygen atoms in total. The number of rotatable bonds is 5. The van der Waals surface area contributed by atoms with Gasteiger partial charge in [-0.25, -0.2) is 0 Å². The number of hydrogen-bond donors (Lipinski definition) is 1. The molecule has 1 fully saturated rings. The Bertz CT molecular complexity index is 362. The van der Waals surface area contributed by atoms with Gasteiger partial charge in [-0.2, -0.15) is 0 Å². The van der Waals surface area contributed by atoms with E-state index >= 15 is 0 Å². The maximum atomic E-state index is 3.72. The van der Waals surface area contributed by atoms with E-state index in [9.17, 15) is 0 Å². The normalized spacial score (nSPS) is 20.0. The summed E-state index contributed by atoms with van der Waals surface area (Å²) in [6.45, 7) is 10.4. The summed E-state index contributed by atoms with van der Waals surface area (Å²) in [4.78, 5) is 0. The molecule has 1 aliphatic rings. The van der Waals surface area contributed by atoms with Crippen LogP contribution in [0.3, 0.4) is 0 Å². The minimum absolute atomic E-state index is 0.209. The van der Waals surface area contributed by atoms with Gasteiger partial charge in [0, 0.05) is 18.0 Å². The summed E-state index contributed by atoms with van der Waals surface area (Å²) in [5.74, 6) is 0. The first-order valence-corrected chi connectivity index (χ1v) is 6.73. The van der Waals surface area contributed by atoms with Crippen LogP contribution in [0.15, 0.2) is 30.3 Å². The van der Waals surface area contributed by atoms with Gasteiger partial charge < -0.3 is 5.32 Å². The molecule has 1 saturated carbocycles. The molecule has 1 atom stereocenters. The topological polar surface area (TPSA) is 12.0 Å². The minimum Gasteiger partial charge on any atom is -0.313 e. The third-order valence-corrected chi connectivity index (χ3v) is 4.49. The van der Waals surface area contributed by atoms with Crippen molar-refractivity contribution in [3.05, 3.63) is 35.9 Å². The average molecular weight is 231 g/mol. The van der Waals surface area contributed by atoms with Crippen molar-refractivity contribution in [1.82, 2.24) is 5.32 Å². The van der Waals surface area contributed by atoms with Crippen molar-refractivity contribution in [3.8, 4) is 0 Å². The molecule has 17 heavy (non-hydrogen) atoms. The first-order chi connectivity index (χ1) is 7.94. The van der Waals surface area contributed by atoms with Crippen molar-refractivity contribution in [3.63, 3.8) is 0 Å².